The molecular weight excluding hydrogens is 208 g/mol. The Kier molecular flexibility index (Phi) is 4.83. The van der Waals surface area contributed by atoms with Crippen LogP contribution in [-0.4, -0.2) is 12.5 Å². The largest absolute Gasteiger partial charge is 1.00 e. The third-order valence-electron chi connectivity index (χ3n) is 1.21. The quantitative estimate of drug-likeness (QED) is 0.527. The molecule has 56 valence electrons. The first kappa shape index (κ1) is 10.0. The van der Waals surface area contributed by atoms with Crippen LogP contribution in [-0.2, 0) is 10.9 Å². The molecule has 0 heterocycles. The zero-order chi connectivity index (χ0) is 6.69. The van der Waals surface area contributed by atoms with E-state index < -0.39 is 0 Å². The monoisotopic (exact) mass is 218 g/mol. The van der Waals surface area contributed by atoms with Gasteiger partial charge in [0, 0.05) is 10.9 Å². The molecule has 0 amide bonds. The number of hydrogen-bond donors (Lipinski definition) is 0. The van der Waals surface area contributed by atoms with Crippen molar-refractivity contribution in [3.63, 3.8) is 0 Å². The van der Waals surface area contributed by atoms with E-state index in [0.717, 1.165) is 0 Å². The Morgan fingerprint density at radius 3 is 1.80 bits per heavy atom. The summed E-state index contributed by atoms with van der Waals surface area (Å²) >= 11 is 0. The number of rotatable bonds is 1. The Balaban J connectivity index is 0.000000810. The summed E-state index contributed by atoms with van der Waals surface area (Å²) in [5.74, 6) is 0. The molecule has 0 radical (unpaired) electrons. The molecule has 2 heteroatoms. The lowest BCUT2D eigenvalue weighted by atomic mass is 10.4. The smallest absolute Gasteiger partial charge is 0.154 e. The van der Waals surface area contributed by atoms with Gasteiger partial charge >= 0.3 is 0 Å². The van der Waals surface area contributed by atoms with E-state index in [1.165, 1.54) is 4.90 Å². The van der Waals surface area contributed by atoms with E-state index in [9.17, 15) is 0 Å². The van der Waals surface area contributed by atoms with Crippen molar-refractivity contribution in [3.05, 3.63) is 30.3 Å². The number of hydrogen-bond acceptors (Lipinski definition) is 0. The van der Waals surface area contributed by atoms with Crippen molar-refractivity contribution < 1.29 is 17.0 Å². The standard InChI is InChI=1S/C8H11S.BrH/c1-9(2)8-6-4-3-5-7-8;/h3-7H,1-2H3;1H/q+1;/p-1. The fraction of sp³-hybridized carbons (Fsp3) is 0.250. The van der Waals surface area contributed by atoms with Gasteiger partial charge in [0.05, 0.1) is 0 Å². The summed E-state index contributed by atoms with van der Waals surface area (Å²) in [5.41, 5.74) is 0. The Bertz CT molecular complexity index is 172. The van der Waals surface area contributed by atoms with E-state index >= 15 is 0 Å². The summed E-state index contributed by atoms with van der Waals surface area (Å²) < 4.78 is 0. The summed E-state index contributed by atoms with van der Waals surface area (Å²) in [6.45, 7) is 0. The minimum absolute atomic E-state index is 0. The van der Waals surface area contributed by atoms with E-state index in [0.29, 0.717) is 10.9 Å². The van der Waals surface area contributed by atoms with Gasteiger partial charge in [-0.2, -0.15) is 0 Å². The van der Waals surface area contributed by atoms with Gasteiger partial charge in [0.2, 0.25) is 0 Å². The van der Waals surface area contributed by atoms with E-state index in [4.69, 9.17) is 0 Å². The van der Waals surface area contributed by atoms with Gasteiger partial charge in [0.1, 0.15) is 12.5 Å². The third kappa shape index (κ3) is 2.76. The van der Waals surface area contributed by atoms with E-state index in [2.05, 4.69) is 42.8 Å². The second kappa shape index (κ2) is 4.80. The van der Waals surface area contributed by atoms with Crippen molar-refractivity contribution in [1.29, 1.82) is 0 Å². The molecule has 0 fully saturated rings. The first-order valence-electron chi connectivity index (χ1n) is 2.93. The van der Waals surface area contributed by atoms with Crippen molar-refractivity contribution in [2.75, 3.05) is 12.5 Å². The number of halogens is 1. The van der Waals surface area contributed by atoms with Crippen molar-refractivity contribution in [2.24, 2.45) is 0 Å². The predicted octanol–water partition coefficient (Wildman–Crippen LogP) is -1.07. The second-order valence-electron chi connectivity index (χ2n) is 2.13. The zero-order valence-corrected chi connectivity index (χ0v) is 8.58. The highest BCUT2D eigenvalue weighted by Gasteiger charge is 2.03. The minimum Gasteiger partial charge on any atom is -1.00 e. The molecule has 0 aromatic heterocycles. The summed E-state index contributed by atoms with van der Waals surface area (Å²) in [6, 6.07) is 10.6. The van der Waals surface area contributed by atoms with Gasteiger partial charge in [-0.25, -0.2) is 0 Å². The molecule has 1 rings (SSSR count). The van der Waals surface area contributed by atoms with Crippen LogP contribution in [0.25, 0.3) is 0 Å². The van der Waals surface area contributed by atoms with Gasteiger partial charge in [-0.15, -0.1) is 0 Å². The lowest BCUT2D eigenvalue weighted by Gasteiger charge is -1.91. The molecule has 0 saturated heterocycles. The minimum atomic E-state index is 0. The van der Waals surface area contributed by atoms with Gasteiger partial charge in [0.25, 0.3) is 0 Å². The van der Waals surface area contributed by atoms with Crippen LogP contribution in [0, 0.1) is 0 Å². The van der Waals surface area contributed by atoms with Crippen molar-refractivity contribution >= 4 is 10.9 Å². The summed E-state index contributed by atoms with van der Waals surface area (Å²) in [7, 11) is 0.421. The maximum absolute atomic E-state index is 2.23. The molecule has 0 aliphatic rings. The van der Waals surface area contributed by atoms with Crippen LogP contribution in [0.2, 0.25) is 0 Å². The predicted molar refractivity (Wildman–Crippen MR) is 43.9 cm³/mol. The average Bonchev–Trinajstić information content (AvgIpc) is 1.90. The zero-order valence-electron chi connectivity index (χ0n) is 6.17. The Morgan fingerprint density at radius 2 is 1.50 bits per heavy atom. The van der Waals surface area contributed by atoms with Gasteiger partial charge < -0.3 is 17.0 Å². The number of benzene rings is 1. The molecular formula is C8H11BrS. The highest BCUT2D eigenvalue weighted by atomic mass is 79.9. The van der Waals surface area contributed by atoms with Crippen molar-refractivity contribution in [2.45, 2.75) is 4.90 Å². The second-order valence-corrected chi connectivity index (χ2v) is 4.23. The average molecular weight is 219 g/mol. The van der Waals surface area contributed by atoms with Crippen LogP contribution in [0.5, 0.6) is 0 Å². The SMILES string of the molecule is C[S+](C)c1ccccc1.[Br-]. The molecule has 0 N–H and O–H groups in total. The van der Waals surface area contributed by atoms with Crippen LogP contribution >= 0.6 is 0 Å². The molecule has 0 spiro atoms. The highest BCUT2D eigenvalue weighted by Crippen LogP contribution is 2.05. The summed E-state index contributed by atoms with van der Waals surface area (Å²) in [6.07, 6.45) is 4.46. The summed E-state index contributed by atoms with van der Waals surface area (Å²) in [5, 5.41) is 0. The maximum atomic E-state index is 2.23. The molecule has 0 saturated carbocycles. The molecule has 0 bridgehead atoms. The highest BCUT2D eigenvalue weighted by molar-refractivity contribution is 7.95. The van der Waals surface area contributed by atoms with Crippen LogP contribution < -0.4 is 17.0 Å². The Hall–Kier alpha value is 0.0500. The van der Waals surface area contributed by atoms with E-state index in [1.54, 1.807) is 0 Å². The fourth-order valence-electron chi connectivity index (χ4n) is 0.693. The van der Waals surface area contributed by atoms with Crippen LogP contribution in [0.15, 0.2) is 35.2 Å². The van der Waals surface area contributed by atoms with Crippen LogP contribution in [0.3, 0.4) is 0 Å². The van der Waals surface area contributed by atoms with Crippen molar-refractivity contribution in [1.82, 2.24) is 0 Å². The molecule has 1 aromatic carbocycles. The molecule has 0 aliphatic heterocycles. The van der Waals surface area contributed by atoms with Crippen LogP contribution in [0.1, 0.15) is 0 Å². The van der Waals surface area contributed by atoms with Gasteiger partial charge in [-0.1, -0.05) is 18.2 Å². The normalized spacial score (nSPS) is 9.10. The molecule has 0 aliphatic carbocycles. The van der Waals surface area contributed by atoms with Gasteiger partial charge in [0.15, 0.2) is 4.90 Å². The first-order valence-corrected chi connectivity index (χ1v) is 4.97. The molecule has 0 unspecified atom stereocenters. The molecule has 0 atom stereocenters. The lowest BCUT2D eigenvalue weighted by molar-refractivity contribution is -0.00000196. The third-order valence-corrected chi connectivity index (χ3v) is 2.43. The molecule has 10 heavy (non-hydrogen) atoms. The topological polar surface area (TPSA) is 0 Å². The van der Waals surface area contributed by atoms with Gasteiger partial charge in [-0.05, 0) is 12.1 Å². The van der Waals surface area contributed by atoms with E-state index in [1.807, 2.05) is 0 Å². The van der Waals surface area contributed by atoms with Gasteiger partial charge in [-0.3, -0.25) is 0 Å². The van der Waals surface area contributed by atoms with E-state index in [-0.39, 0.29) is 17.0 Å². The Morgan fingerprint density at radius 1 is 1.00 bits per heavy atom. The molecule has 0 nitrogen and oxygen atoms in total. The summed E-state index contributed by atoms with van der Waals surface area (Å²) in [4.78, 5) is 1.44. The maximum Gasteiger partial charge on any atom is 0.154 e. The Labute approximate surface area is 75.8 Å². The lowest BCUT2D eigenvalue weighted by Crippen LogP contribution is -3.00. The molecule has 1 aromatic rings. The van der Waals surface area contributed by atoms with Crippen LogP contribution in [0.4, 0.5) is 0 Å². The first-order chi connectivity index (χ1) is 4.30. The fourth-order valence-corrected chi connectivity index (χ4v) is 1.39. The van der Waals surface area contributed by atoms with Crippen molar-refractivity contribution in [3.8, 4) is 0 Å².